The molecule has 2 aliphatic rings. The summed E-state index contributed by atoms with van der Waals surface area (Å²) in [5.74, 6) is 1.57. The number of anilines is 1. The molecule has 1 aromatic rings. The molecule has 3 rings (SSSR count). The van der Waals surface area contributed by atoms with Gasteiger partial charge in [-0.25, -0.2) is 0 Å². The van der Waals surface area contributed by atoms with Gasteiger partial charge in [-0.05, 0) is 30.9 Å². The highest BCUT2D eigenvalue weighted by molar-refractivity contribution is 5.50. The van der Waals surface area contributed by atoms with Crippen molar-refractivity contribution in [3.63, 3.8) is 0 Å². The van der Waals surface area contributed by atoms with Gasteiger partial charge in [0.2, 0.25) is 0 Å². The maximum absolute atomic E-state index is 5.76. The number of benzene rings is 1. The fraction of sp³-hybridized carbons (Fsp3) is 0.538. The average molecular weight is 218 g/mol. The van der Waals surface area contributed by atoms with E-state index in [4.69, 9.17) is 10.5 Å². The molecule has 1 saturated carbocycles. The first-order valence-corrected chi connectivity index (χ1v) is 6.08. The summed E-state index contributed by atoms with van der Waals surface area (Å²) in [7, 11) is 0. The number of nitrogen functional groups attached to an aromatic ring is 1. The molecule has 86 valence electrons. The Morgan fingerprint density at radius 3 is 3.00 bits per heavy atom. The maximum Gasteiger partial charge on any atom is 0.124 e. The maximum atomic E-state index is 5.76. The highest BCUT2D eigenvalue weighted by Gasteiger charge is 2.25. The number of nitrogens with one attached hydrogen (secondary N) is 1. The van der Waals surface area contributed by atoms with Gasteiger partial charge in [-0.1, -0.05) is 6.07 Å². The number of hydrogen-bond donors (Lipinski definition) is 2. The molecule has 3 nitrogen and oxygen atoms in total. The standard InChI is InChI=1S/C13H18N2O/c14-10-1-4-12-9(8-15-11-2-3-11)5-6-16-13(12)7-10/h1,4,7,9,11,15H,2-3,5-6,8,14H2. The van der Waals surface area contributed by atoms with Crippen LogP contribution in [-0.4, -0.2) is 19.2 Å². The summed E-state index contributed by atoms with van der Waals surface area (Å²) in [6.07, 6.45) is 3.80. The second kappa shape index (κ2) is 3.98. The van der Waals surface area contributed by atoms with Gasteiger partial charge in [-0.15, -0.1) is 0 Å². The molecule has 0 radical (unpaired) electrons. The molecule has 16 heavy (non-hydrogen) atoms. The molecule has 1 atom stereocenters. The SMILES string of the molecule is Nc1ccc2c(c1)OCCC2CNC1CC1. The highest BCUT2D eigenvalue weighted by Crippen LogP contribution is 2.35. The summed E-state index contributed by atoms with van der Waals surface area (Å²) >= 11 is 0. The number of ether oxygens (including phenoxy) is 1. The van der Waals surface area contributed by atoms with Gasteiger partial charge in [0.25, 0.3) is 0 Å². The van der Waals surface area contributed by atoms with Crippen LogP contribution in [-0.2, 0) is 0 Å². The molecule has 1 fully saturated rings. The molecule has 1 heterocycles. The minimum Gasteiger partial charge on any atom is -0.493 e. The van der Waals surface area contributed by atoms with Gasteiger partial charge in [0.1, 0.15) is 5.75 Å². The van der Waals surface area contributed by atoms with Crippen molar-refractivity contribution in [2.75, 3.05) is 18.9 Å². The van der Waals surface area contributed by atoms with Crippen molar-refractivity contribution >= 4 is 5.69 Å². The zero-order chi connectivity index (χ0) is 11.0. The number of hydrogen-bond acceptors (Lipinski definition) is 3. The third kappa shape index (κ3) is 2.00. The van der Waals surface area contributed by atoms with E-state index in [9.17, 15) is 0 Å². The molecule has 1 unspecified atom stereocenters. The molecule has 3 N–H and O–H groups in total. The summed E-state index contributed by atoms with van der Waals surface area (Å²) < 4.78 is 5.65. The van der Waals surface area contributed by atoms with E-state index in [2.05, 4.69) is 11.4 Å². The van der Waals surface area contributed by atoms with Gasteiger partial charge in [0.05, 0.1) is 6.61 Å². The van der Waals surface area contributed by atoms with E-state index in [-0.39, 0.29) is 0 Å². The Hall–Kier alpha value is -1.22. The largest absolute Gasteiger partial charge is 0.493 e. The Morgan fingerprint density at radius 1 is 1.31 bits per heavy atom. The lowest BCUT2D eigenvalue weighted by Gasteiger charge is -2.26. The average Bonchev–Trinajstić information content (AvgIpc) is 3.09. The van der Waals surface area contributed by atoms with Crippen molar-refractivity contribution in [1.29, 1.82) is 0 Å². The van der Waals surface area contributed by atoms with Crippen LogP contribution in [0.3, 0.4) is 0 Å². The number of nitrogens with two attached hydrogens (primary N) is 1. The minimum atomic E-state index is 0.588. The monoisotopic (exact) mass is 218 g/mol. The molecule has 1 aliphatic heterocycles. The summed E-state index contributed by atoms with van der Waals surface area (Å²) in [5.41, 5.74) is 7.86. The van der Waals surface area contributed by atoms with E-state index in [0.717, 1.165) is 37.1 Å². The molecule has 0 amide bonds. The van der Waals surface area contributed by atoms with Crippen LogP contribution in [0.25, 0.3) is 0 Å². The van der Waals surface area contributed by atoms with Crippen molar-refractivity contribution in [3.8, 4) is 5.75 Å². The molecule has 1 aromatic carbocycles. The third-order valence-corrected chi connectivity index (χ3v) is 3.43. The van der Waals surface area contributed by atoms with E-state index >= 15 is 0 Å². The lowest BCUT2D eigenvalue weighted by atomic mass is 9.93. The normalized spacial score (nSPS) is 23.6. The number of rotatable bonds is 3. The molecular formula is C13H18N2O. The summed E-state index contributed by atoms with van der Waals surface area (Å²) in [6.45, 7) is 1.89. The quantitative estimate of drug-likeness (QED) is 0.762. The Balaban J connectivity index is 1.76. The van der Waals surface area contributed by atoms with E-state index in [1.165, 1.54) is 18.4 Å². The van der Waals surface area contributed by atoms with Crippen LogP contribution in [0.5, 0.6) is 5.75 Å². The lowest BCUT2D eigenvalue weighted by molar-refractivity contribution is 0.264. The van der Waals surface area contributed by atoms with Gasteiger partial charge < -0.3 is 15.8 Å². The van der Waals surface area contributed by atoms with E-state index < -0.39 is 0 Å². The van der Waals surface area contributed by atoms with Crippen LogP contribution >= 0.6 is 0 Å². The van der Waals surface area contributed by atoms with Gasteiger partial charge in [0, 0.05) is 30.3 Å². The zero-order valence-electron chi connectivity index (χ0n) is 9.41. The first kappa shape index (κ1) is 9.97. The Labute approximate surface area is 96.0 Å². The summed E-state index contributed by atoms with van der Waals surface area (Å²) in [4.78, 5) is 0. The van der Waals surface area contributed by atoms with Gasteiger partial charge in [0.15, 0.2) is 0 Å². The lowest BCUT2D eigenvalue weighted by Crippen LogP contribution is -2.27. The van der Waals surface area contributed by atoms with Crippen molar-refractivity contribution < 1.29 is 4.74 Å². The highest BCUT2D eigenvalue weighted by atomic mass is 16.5. The van der Waals surface area contributed by atoms with Crippen molar-refractivity contribution in [2.45, 2.75) is 31.2 Å². The summed E-state index contributed by atoms with van der Waals surface area (Å²) in [5, 5.41) is 3.60. The van der Waals surface area contributed by atoms with Crippen molar-refractivity contribution in [2.24, 2.45) is 0 Å². The Bertz CT molecular complexity index is 388. The predicted octanol–water partition coefficient (Wildman–Crippen LogP) is 1.89. The van der Waals surface area contributed by atoms with Crippen LogP contribution < -0.4 is 15.8 Å². The predicted molar refractivity (Wildman–Crippen MR) is 64.7 cm³/mol. The second-order valence-corrected chi connectivity index (χ2v) is 4.81. The van der Waals surface area contributed by atoms with Crippen LogP contribution in [0.1, 0.15) is 30.7 Å². The Morgan fingerprint density at radius 2 is 2.19 bits per heavy atom. The fourth-order valence-corrected chi connectivity index (χ4v) is 2.29. The van der Waals surface area contributed by atoms with E-state index in [1.807, 2.05) is 12.1 Å². The van der Waals surface area contributed by atoms with Crippen molar-refractivity contribution in [1.82, 2.24) is 5.32 Å². The molecule has 0 aromatic heterocycles. The van der Waals surface area contributed by atoms with Crippen molar-refractivity contribution in [3.05, 3.63) is 23.8 Å². The molecular weight excluding hydrogens is 200 g/mol. The second-order valence-electron chi connectivity index (χ2n) is 4.81. The molecule has 0 spiro atoms. The minimum absolute atomic E-state index is 0.588. The summed E-state index contributed by atoms with van der Waals surface area (Å²) in [6, 6.07) is 6.80. The third-order valence-electron chi connectivity index (χ3n) is 3.43. The molecule has 0 saturated heterocycles. The first-order chi connectivity index (χ1) is 7.83. The smallest absolute Gasteiger partial charge is 0.124 e. The van der Waals surface area contributed by atoms with Gasteiger partial charge in [-0.2, -0.15) is 0 Å². The van der Waals surface area contributed by atoms with Crippen LogP contribution in [0.4, 0.5) is 5.69 Å². The van der Waals surface area contributed by atoms with Gasteiger partial charge in [-0.3, -0.25) is 0 Å². The van der Waals surface area contributed by atoms with Crippen LogP contribution in [0.2, 0.25) is 0 Å². The fourth-order valence-electron chi connectivity index (χ4n) is 2.29. The van der Waals surface area contributed by atoms with E-state index in [0.29, 0.717) is 5.92 Å². The molecule has 3 heteroatoms. The Kier molecular flexibility index (Phi) is 2.48. The van der Waals surface area contributed by atoms with Crippen LogP contribution in [0, 0.1) is 0 Å². The van der Waals surface area contributed by atoms with E-state index in [1.54, 1.807) is 0 Å². The van der Waals surface area contributed by atoms with Gasteiger partial charge >= 0.3 is 0 Å². The molecule has 1 aliphatic carbocycles. The zero-order valence-corrected chi connectivity index (χ0v) is 9.41. The van der Waals surface area contributed by atoms with Crippen LogP contribution in [0.15, 0.2) is 18.2 Å². The molecule has 0 bridgehead atoms. The topological polar surface area (TPSA) is 47.3 Å². The first-order valence-electron chi connectivity index (χ1n) is 6.08. The number of fused-ring (bicyclic) bond motifs is 1.